The molecule has 0 spiro atoms. The van der Waals surface area contributed by atoms with E-state index in [4.69, 9.17) is 15.5 Å². The van der Waals surface area contributed by atoms with Crippen LogP contribution < -0.4 is 5.73 Å². The number of aromatic amines is 1. The van der Waals surface area contributed by atoms with Crippen molar-refractivity contribution in [1.29, 1.82) is 0 Å². The van der Waals surface area contributed by atoms with Gasteiger partial charge in [0.1, 0.15) is 0 Å². The molecule has 1 aromatic carbocycles. The Hall–Kier alpha value is -3.78. The number of ether oxygens (including phenoxy) is 1. The quantitative estimate of drug-likeness (QED) is 0.534. The first-order valence-electron chi connectivity index (χ1n) is 10.1. The number of fused-ring (bicyclic) bond motifs is 3. The smallest absolute Gasteiger partial charge is 0.254 e. The molecule has 3 N–H and O–H groups in total. The zero-order valence-corrected chi connectivity index (χ0v) is 17.0. The molecular formula is C23H21N5O3. The summed E-state index contributed by atoms with van der Waals surface area (Å²) in [6.45, 7) is 4.15. The van der Waals surface area contributed by atoms with Crippen LogP contribution >= 0.6 is 0 Å². The lowest BCUT2D eigenvalue weighted by atomic mass is 10.1. The Balaban J connectivity index is 1.64. The van der Waals surface area contributed by atoms with Crippen LogP contribution in [0.2, 0.25) is 0 Å². The minimum absolute atomic E-state index is 0.0432. The van der Waals surface area contributed by atoms with Crippen molar-refractivity contribution < 1.29 is 14.3 Å². The number of nitrogens with two attached hydrogens (primary N) is 1. The number of aromatic nitrogens is 3. The van der Waals surface area contributed by atoms with Crippen LogP contribution in [-0.4, -0.2) is 58.0 Å². The lowest BCUT2D eigenvalue weighted by molar-refractivity contribution is 0.0303. The van der Waals surface area contributed by atoms with Gasteiger partial charge in [-0.25, -0.2) is 4.98 Å². The Kier molecular flexibility index (Phi) is 4.63. The number of hydrogen-bond acceptors (Lipinski definition) is 5. The minimum atomic E-state index is -0.551. The highest BCUT2D eigenvalue weighted by molar-refractivity contribution is 6.14. The van der Waals surface area contributed by atoms with Gasteiger partial charge >= 0.3 is 0 Å². The molecule has 0 unspecified atom stereocenters. The van der Waals surface area contributed by atoms with Crippen LogP contribution in [0.25, 0.3) is 33.2 Å². The van der Waals surface area contributed by atoms with Crippen LogP contribution in [0.4, 0.5) is 0 Å². The number of hydrogen-bond donors (Lipinski definition) is 2. The average Bonchev–Trinajstić information content (AvgIpc) is 3.16. The first-order valence-corrected chi connectivity index (χ1v) is 10.1. The highest BCUT2D eigenvalue weighted by Gasteiger charge is 2.21. The van der Waals surface area contributed by atoms with Gasteiger partial charge in [-0.15, -0.1) is 0 Å². The highest BCUT2D eigenvalue weighted by atomic mass is 16.5. The molecule has 0 bridgehead atoms. The van der Waals surface area contributed by atoms with E-state index in [9.17, 15) is 9.59 Å². The molecule has 1 saturated heterocycles. The van der Waals surface area contributed by atoms with Gasteiger partial charge in [0.05, 0.1) is 35.5 Å². The fraction of sp³-hybridized carbons (Fsp3) is 0.217. The van der Waals surface area contributed by atoms with Gasteiger partial charge in [-0.3, -0.25) is 14.6 Å². The van der Waals surface area contributed by atoms with E-state index >= 15 is 0 Å². The van der Waals surface area contributed by atoms with E-state index in [1.54, 1.807) is 29.3 Å². The third-order valence-corrected chi connectivity index (χ3v) is 5.57. The van der Waals surface area contributed by atoms with E-state index in [0.29, 0.717) is 54.2 Å². The van der Waals surface area contributed by atoms with Gasteiger partial charge in [0, 0.05) is 47.0 Å². The summed E-state index contributed by atoms with van der Waals surface area (Å²) in [7, 11) is 0. The first-order chi connectivity index (χ1) is 15.0. The summed E-state index contributed by atoms with van der Waals surface area (Å²) in [6.07, 6.45) is 1.72. The Morgan fingerprint density at radius 1 is 1.13 bits per heavy atom. The Morgan fingerprint density at radius 2 is 1.94 bits per heavy atom. The number of pyridine rings is 2. The number of morpholine rings is 1. The van der Waals surface area contributed by atoms with Crippen LogP contribution in [-0.2, 0) is 4.74 Å². The monoisotopic (exact) mass is 415 g/mol. The van der Waals surface area contributed by atoms with Crippen LogP contribution in [0, 0.1) is 6.92 Å². The Morgan fingerprint density at radius 3 is 2.65 bits per heavy atom. The third kappa shape index (κ3) is 3.40. The molecule has 1 aliphatic rings. The molecule has 1 fully saturated rings. The molecule has 0 saturated carbocycles. The predicted molar refractivity (Wildman–Crippen MR) is 117 cm³/mol. The summed E-state index contributed by atoms with van der Waals surface area (Å²) in [5.41, 5.74) is 10.8. The largest absolute Gasteiger partial charge is 0.378 e. The van der Waals surface area contributed by atoms with E-state index in [0.717, 1.165) is 22.2 Å². The molecule has 1 aliphatic heterocycles. The van der Waals surface area contributed by atoms with Gasteiger partial charge in [0.2, 0.25) is 0 Å². The topological polar surface area (TPSA) is 114 Å². The maximum absolute atomic E-state index is 12.9. The second-order valence-electron chi connectivity index (χ2n) is 7.62. The summed E-state index contributed by atoms with van der Waals surface area (Å²) in [4.78, 5) is 39.2. The van der Waals surface area contributed by atoms with Crippen molar-refractivity contribution in [3.05, 3.63) is 59.4 Å². The molecule has 31 heavy (non-hydrogen) atoms. The van der Waals surface area contributed by atoms with Crippen molar-refractivity contribution in [2.75, 3.05) is 26.3 Å². The summed E-state index contributed by atoms with van der Waals surface area (Å²) < 4.78 is 5.33. The van der Waals surface area contributed by atoms with E-state index in [-0.39, 0.29) is 5.91 Å². The molecule has 3 aromatic heterocycles. The molecule has 0 aliphatic carbocycles. The average molecular weight is 415 g/mol. The van der Waals surface area contributed by atoms with Gasteiger partial charge in [-0.2, -0.15) is 0 Å². The van der Waals surface area contributed by atoms with Gasteiger partial charge in [0.15, 0.2) is 0 Å². The van der Waals surface area contributed by atoms with Gasteiger partial charge in [0.25, 0.3) is 11.8 Å². The van der Waals surface area contributed by atoms with Crippen molar-refractivity contribution in [2.24, 2.45) is 5.73 Å². The van der Waals surface area contributed by atoms with Crippen LogP contribution in [0.5, 0.6) is 0 Å². The second-order valence-corrected chi connectivity index (χ2v) is 7.62. The molecule has 2 amide bonds. The molecule has 4 heterocycles. The summed E-state index contributed by atoms with van der Waals surface area (Å²) in [5, 5.41) is 0.818. The summed E-state index contributed by atoms with van der Waals surface area (Å²) in [5.74, 6) is -0.594. The first kappa shape index (κ1) is 19.2. The zero-order valence-electron chi connectivity index (χ0n) is 17.0. The zero-order chi connectivity index (χ0) is 21.5. The number of rotatable bonds is 3. The maximum atomic E-state index is 12.9. The third-order valence-electron chi connectivity index (χ3n) is 5.57. The highest BCUT2D eigenvalue weighted by Crippen LogP contribution is 2.30. The molecule has 8 nitrogen and oxygen atoms in total. The lowest BCUT2D eigenvalue weighted by Crippen LogP contribution is -2.40. The maximum Gasteiger partial charge on any atom is 0.254 e. The van der Waals surface area contributed by atoms with Crippen LogP contribution in [0.15, 0.2) is 42.6 Å². The normalized spacial score (nSPS) is 14.3. The molecule has 4 aromatic rings. The SMILES string of the molecule is Cc1ccc(-c2cc(C(N)=O)c3[nH]c4cc(C(=O)N5CCOCC5)ccc4c3n2)cn1. The molecule has 5 rings (SSSR count). The number of carbonyl (C=O) groups is 2. The number of amides is 2. The standard InChI is InChI=1S/C23H21N5O3/c1-13-2-3-15(12-25-13)18-11-17(22(24)29)21-20(26-18)16-5-4-14(10-19(16)27-21)23(30)28-6-8-31-9-7-28/h2-5,10-12,27H,6-9H2,1H3,(H2,24,29). The fourth-order valence-electron chi connectivity index (χ4n) is 3.90. The van der Waals surface area contributed by atoms with E-state index in [2.05, 4.69) is 9.97 Å². The fourth-order valence-corrected chi connectivity index (χ4v) is 3.90. The van der Waals surface area contributed by atoms with Crippen LogP contribution in [0.3, 0.4) is 0 Å². The van der Waals surface area contributed by atoms with Crippen molar-refractivity contribution in [2.45, 2.75) is 6.92 Å². The molecule has 8 heteroatoms. The number of nitrogens with zero attached hydrogens (tertiary/aromatic N) is 3. The number of primary amides is 1. The second kappa shape index (κ2) is 7.48. The Labute approximate surface area is 178 Å². The number of benzene rings is 1. The number of aryl methyl sites for hydroxylation is 1. The van der Waals surface area contributed by atoms with Gasteiger partial charge < -0.3 is 20.4 Å². The van der Waals surface area contributed by atoms with Crippen molar-refractivity contribution >= 4 is 33.8 Å². The predicted octanol–water partition coefficient (Wildman–Crippen LogP) is 2.66. The van der Waals surface area contributed by atoms with Gasteiger partial charge in [-0.05, 0) is 43.3 Å². The molecule has 0 atom stereocenters. The number of nitrogens with one attached hydrogen (secondary N) is 1. The Bertz CT molecular complexity index is 1320. The lowest BCUT2D eigenvalue weighted by Gasteiger charge is -2.26. The molecule has 156 valence electrons. The van der Waals surface area contributed by atoms with Gasteiger partial charge in [-0.1, -0.05) is 0 Å². The van der Waals surface area contributed by atoms with Crippen molar-refractivity contribution in [1.82, 2.24) is 19.9 Å². The van der Waals surface area contributed by atoms with E-state index < -0.39 is 5.91 Å². The van der Waals surface area contributed by atoms with Crippen LogP contribution in [0.1, 0.15) is 26.4 Å². The van der Waals surface area contributed by atoms with E-state index in [1.807, 2.05) is 25.1 Å². The number of H-pyrrole nitrogens is 1. The number of carbonyl (C=O) groups excluding carboxylic acids is 2. The van der Waals surface area contributed by atoms with Crippen molar-refractivity contribution in [3.63, 3.8) is 0 Å². The van der Waals surface area contributed by atoms with E-state index in [1.165, 1.54) is 0 Å². The minimum Gasteiger partial charge on any atom is -0.378 e. The van der Waals surface area contributed by atoms with Crippen molar-refractivity contribution in [3.8, 4) is 11.3 Å². The summed E-state index contributed by atoms with van der Waals surface area (Å²) >= 11 is 0. The molecular weight excluding hydrogens is 394 g/mol. The molecule has 0 radical (unpaired) electrons. The summed E-state index contributed by atoms with van der Waals surface area (Å²) in [6, 6.07) is 10.9.